The van der Waals surface area contributed by atoms with Crippen LogP contribution in [0.5, 0.6) is 5.75 Å². The lowest BCUT2D eigenvalue weighted by Gasteiger charge is -2.45. The largest absolute Gasteiger partial charge is 0.493 e. The number of nitrogens with one attached hydrogen (secondary N) is 1. The van der Waals surface area contributed by atoms with Gasteiger partial charge in [0.25, 0.3) is 0 Å². The van der Waals surface area contributed by atoms with Crippen molar-refractivity contribution < 1.29 is 14.6 Å². The van der Waals surface area contributed by atoms with Crippen molar-refractivity contribution in [2.45, 2.75) is 57.0 Å². The summed E-state index contributed by atoms with van der Waals surface area (Å²) in [7, 11) is 0. The van der Waals surface area contributed by atoms with Gasteiger partial charge in [0.1, 0.15) is 5.75 Å². The number of hydrogen-bond donors (Lipinski definition) is 2. The van der Waals surface area contributed by atoms with Crippen LogP contribution in [0.1, 0.15) is 43.2 Å². The molecule has 0 bridgehead atoms. The van der Waals surface area contributed by atoms with E-state index in [1.54, 1.807) is 0 Å². The molecule has 0 saturated carbocycles. The van der Waals surface area contributed by atoms with Crippen molar-refractivity contribution in [1.82, 2.24) is 10.2 Å². The number of piperidine rings is 2. The Morgan fingerprint density at radius 2 is 1.69 bits per heavy atom. The van der Waals surface area contributed by atoms with E-state index < -0.39 is 5.97 Å². The number of aryl methyl sites for hydroxylation is 1. The number of benzene rings is 2. The van der Waals surface area contributed by atoms with Crippen molar-refractivity contribution in [1.29, 1.82) is 0 Å². The van der Waals surface area contributed by atoms with Crippen LogP contribution in [0, 0.1) is 5.92 Å². The minimum absolute atomic E-state index is 0.131. The molecule has 2 saturated heterocycles. The molecule has 5 nitrogen and oxygen atoms in total. The Morgan fingerprint density at radius 3 is 2.41 bits per heavy atom. The van der Waals surface area contributed by atoms with Gasteiger partial charge in [-0.25, -0.2) is 0 Å². The Kier molecular flexibility index (Phi) is 8.18. The summed E-state index contributed by atoms with van der Waals surface area (Å²) in [5, 5.41) is 13.3. The fraction of sp³-hybridized carbons (Fsp3) is 0.519. The Bertz CT molecular complexity index is 834. The van der Waals surface area contributed by atoms with Crippen LogP contribution in [0.4, 0.5) is 0 Å². The summed E-state index contributed by atoms with van der Waals surface area (Å²) in [6, 6.07) is 19.4. The molecule has 2 N–H and O–H groups in total. The van der Waals surface area contributed by atoms with E-state index in [0.29, 0.717) is 12.6 Å². The number of likely N-dealkylation sites (tertiary alicyclic amines) is 1. The first-order valence-corrected chi connectivity index (χ1v) is 12.2. The Labute approximate surface area is 191 Å². The van der Waals surface area contributed by atoms with Gasteiger partial charge in [0.15, 0.2) is 0 Å². The smallest absolute Gasteiger partial charge is 0.308 e. The van der Waals surface area contributed by atoms with E-state index >= 15 is 0 Å². The Balaban J connectivity index is 1.32. The molecule has 2 aromatic carbocycles. The number of carbonyl (C=O) groups is 1. The van der Waals surface area contributed by atoms with Crippen LogP contribution in [0.3, 0.4) is 0 Å². The first-order valence-electron chi connectivity index (χ1n) is 12.2. The predicted octanol–water partition coefficient (Wildman–Crippen LogP) is 4.16. The number of ether oxygens (including phenoxy) is 1. The van der Waals surface area contributed by atoms with Crippen molar-refractivity contribution in [2.24, 2.45) is 5.92 Å². The predicted molar refractivity (Wildman–Crippen MR) is 127 cm³/mol. The van der Waals surface area contributed by atoms with Gasteiger partial charge in [-0.3, -0.25) is 9.69 Å². The van der Waals surface area contributed by atoms with Gasteiger partial charge in [-0.2, -0.15) is 0 Å². The maximum absolute atomic E-state index is 12.0. The summed E-state index contributed by atoms with van der Waals surface area (Å²) < 4.78 is 5.91. The molecule has 0 aromatic heterocycles. The standard InChI is InChI=1S/C27H36N2O3/c30-27(31)25-7-4-19-29(23-14-17-28-18-15-23)26(25)13-10-22-8-11-24(12-9-22)32-20-16-21-5-2-1-3-6-21/h1-3,5-6,8-9,11-12,23,25-26,28H,4,7,10,13-20H2,(H,30,31). The zero-order valence-corrected chi connectivity index (χ0v) is 18.9. The van der Waals surface area contributed by atoms with Crippen LogP contribution < -0.4 is 10.1 Å². The molecule has 2 aromatic rings. The number of hydrogen-bond acceptors (Lipinski definition) is 4. The lowest BCUT2D eigenvalue weighted by Crippen LogP contribution is -2.54. The van der Waals surface area contributed by atoms with E-state index in [0.717, 1.165) is 70.3 Å². The minimum Gasteiger partial charge on any atom is -0.493 e. The summed E-state index contributed by atoms with van der Waals surface area (Å²) in [5.74, 6) is 0.0112. The molecule has 4 rings (SSSR count). The van der Waals surface area contributed by atoms with Gasteiger partial charge in [-0.15, -0.1) is 0 Å². The van der Waals surface area contributed by atoms with E-state index in [1.165, 1.54) is 11.1 Å². The fourth-order valence-electron chi connectivity index (χ4n) is 5.33. The summed E-state index contributed by atoms with van der Waals surface area (Å²) in [4.78, 5) is 14.5. The van der Waals surface area contributed by atoms with Crippen LogP contribution in [0.15, 0.2) is 54.6 Å². The van der Waals surface area contributed by atoms with Crippen molar-refractivity contribution in [2.75, 3.05) is 26.2 Å². The van der Waals surface area contributed by atoms with Gasteiger partial charge < -0.3 is 15.2 Å². The average molecular weight is 437 g/mol. The number of carboxylic acids is 1. The average Bonchev–Trinajstić information content (AvgIpc) is 2.84. The van der Waals surface area contributed by atoms with Crippen LogP contribution in [-0.4, -0.2) is 54.3 Å². The molecule has 2 unspecified atom stereocenters. The second-order valence-corrected chi connectivity index (χ2v) is 9.14. The molecule has 2 atom stereocenters. The van der Waals surface area contributed by atoms with Crippen molar-refractivity contribution >= 4 is 5.97 Å². The summed E-state index contributed by atoms with van der Waals surface area (Å²) in [6.45, 7) is 3.78. The third-order valence-corrected chi connectivity index (χ3v) is 7.07. The van der Waals surface area contributed by atoms with Gasteiger partial charge in [0.05, 0.1) is 12.5 Å². The molecule has 32 heavy (non-hydrogen) atoms. The van der Waals surface area contributed by atoms with E-state index in [1.807, 2.05) is 18.2 Å². The number of carboxylic acid groups (broad SMARTS) is 1. The normalized spacial score (nSPS) is 22.5. The molecule has 2 aliphatic rings. The summed E-state index contributed by atoms with van der Waals surface area (Å²) in [5.41, 5.74) is 2.53. The van der Waals surface area contributed by atoms with E-state index in [9.17, 15) is 9.90 Å². The highest BCUT2D eigenvalue weighted by atomic mass is 16.5. The molecule has 172 valence electrons. The quantitative estimate of drug-likeness (QED) is 0.618. The molecular formula is C27H36N2O3. The van der Waals surface area contributed by atoms with Crippen LogP contribution in [0.2, 0.25) is 0 Å². The third kappa shape index (κ3) is 6.11. The second kappa shape index (κ2) is 11.5. The molecule has 0 radical (unpaired) electrons. The van der Waals surface area contributed by atoms with Crippen molar-refractivity contribution in [3.63, 3.8) is 0 Å². The highest BCUT2D eigenvalue weighted by molar-refractivity contribution is 5.71. The highest BCUT2D eigenvalue weighted by Crippen LogP contribution is 2.31. The van der Waals surface area contributed by atoms with Crippen molar-refractivity contribution in [3.05, 3.63) is 65.7 Å². The lowest BCUT2D eigenvalue weighted by molar-refractivity contribution is -0.147. The van der Waals surface area contributed by atoms with E-state index in [2.05, 4.69) is 46.6 Å². The SMILES string of the molecule is O=C(O)C1CCCN(C2CCNCC2)C1CCc1ccc(OCCc2ccccc2)cc1. The maximum Gasteiger partial charge on any atom is 0.308 e. The maximum atomic E-state index is 12.0. The molecule has 0 aliphatic carbocycles. The van der Waals surface area contributed by atoms with Gasteiger partial charge in [-0.05, 0) is 81.4 Å². The minimum atomic E-state index is -0.629. The number of rotatable bonds is 9. The van der Waals surface area contributed by atoms with E-state index in [4.69, 9.17) is 4.74 Å². The lowest BCUT2D eigenvalue weighted by atomic mass is 9.83. The molecule has 0 amide bonds. The second-order valence-electron chi connectivity index (χ2n) is 9.14. The molecule has 2 aliphatic heterocycles. The summed E-state index contributed by atoms with van der Waals surface area (Å²) >= 11 is 0. The summed E-state index contributed by atoms with van der Waals surface area (Å²) in [6.07, 6.45) is 6.74. The van der Waals surface area contributed by atoms with Gasteiger partial charge in [-0.1, -0.05) is 42.5 Å². The van der Waals surface area contributed by atoms with Crippen LogP contribution in [0.25, 0.3) is 0 Å². The van der Waals surface area contributed by atoms with Gasteiger partial charge >= 0.3 is 5.97 Å². The fourth-order valence-corrected chi connectivity index (χ4v) is 5.33. The van der Waals surface area contributed by atoms with Gasteiger partial charge in [0, 0.05) is 18.5 Å². The Morgan fingerprint density at radius 1 is 0.969 bits per heavy atom. The molecule has 2 heterocycles. The molecule has 2 fully saturated rings. The monoisotopic (exact) mass is 436 g/mol. The van der Waals surface area contributed by atoms with Gasteiger partial charge in [0.2, 0.25) is 0 Å². The third-order valence-electron chi connectivity index (χ3n) is 7.07. The zero-order valence-electron chi connectivity index (χ0n) is 18.9. The highest BCUT2D eigenvalue weighted by Gasteiger charge is 2.38. The topological polar surface area (TPSA) is 61.8 Å². The molecule has 5 heteroatoms. The van der Waals surface area contributed by atoms with E-state index in [-0.39, 0.29) is 12.0 Å². The number of aliphatic carboxylic acids is 1. The first kappa shape index (κ1) is 22.8. The molecular weight excluding hydrogens is 400 g/mol. The van der Waals surface area contributed by atoms with Crippen LogP contribution in [-0.2, 0) is 17.6 Å². The van der Waals surface area contributed by atoms with Crippen molar-refractivity contribution in [3.8, 4) is 5.75 Å². The van der Waals surface area contributed by atoms with Crippen LogP contribution >= 0.6 is 0 Å². The number of nitrogens with zero attached hydrogens (tertiary/aromatic N) is 1. The Hall–Kier alpha value is -2.37. The molecule has 0 spiro atoms. The first-order chi connectivity index (χ1) is 15.7. The zero-order chi connectivity index (χ0) is 22.2.